The molecule has 1 fully saturated rings. The predicted octanol–water partition coefficient (Wildman–Crippen LogP) is 1.04. The third kappa shape index (κ3) is 1.57. The lowest BCUT2D eigenvalue weighted by Gasteiger charge is -2.22. The zero-order valence-corrected chi connectivity index (χ0v) is 9.31. The van der Waals surface area contributed by atoms with Crippen molar-refractivity contribution in [1.82, 2.24) is 19.9 Å². The van der Waals surface area contributed by atoms with Gasteiger partial charge in [0, 0.05) is 12.7 Å². The molecule has 5 nitrogen and oxygen atoms in total. The molecule has 0 bridgehead atoms. The van der Waals surface area contributed by atoms with Gasteiger partial charge >= 0.3 is 0 Å². The topological polar surface area (TPSA) is 51.5 Å². The minimum atomic E-state index is 0.0854. The third-order valence-corrected chi connectivity index (χ3v) is 2.94. The van der Waals surface area contributed by atoms with E-state index in [1.165, 1.54) is 0 Å². The number of pyridine rings is 1. The Balaban J connectivity index is 2.06. The van der Waals surface area contributed by atoms with Crippen LogP contribution in [0.25, 0.3) is 5.65 Å². The summed E-state index contributed by atoms with van der Waals surface area (Å²) in [7, 11) is 0. The van der Waals surface area contributed by atoms with Gasteiger partial charge in [-0.05, 0) is 12.1 Å². The van der Waals surface area contributed by atoms with Crippen molar-refractivity contribution in [2.24, 2.45) is 0 Å². The Morgan fingerprint density at radius 1 is 1.50 bits per heavy atom. The molecule has 0 amide bonds. The molecule has 1 aliphatic rings. The van der Waals surface area contributed by atoms with Gasteiger partial charge in [-0.25, -0.2) is 0 Å². The van der Waals surface area contributed by atoms with Crippen LogP contribution >= 0.6 is 11.6 Å². The fraction of sp³-hybridized carbons (Fsp3) is 0.400. The maximum Gasteiger partial charge on any atom is 0.179 e. The number of rotatable bonds is 1. The Labute approximate surface area is 97.4 Å². The molecule has 1 saturated heterocycles. The van der Waals surface area contributed by atoms with Crippen LogP contribution in [0.15, 0.2) is 18.3 Å². The summed E-state index contributed by atoms with van der Waals surface area (Å²) in [5.74, 6) is 0.845. The van der Waals surface area contributed by atoms with E-state index in [0.29, 0.717) is 17.3 Å². The van der Waals surface area contributed by atoms with Crippen molar-refractivity contribution in [3.05, 3.63) is 29.2 Å². The minimum absolute atomic E-state index is 0.0854. The standard InChI is InChI=1S/C10H11ClN4O/c11-7-2-1-4-15-9(7)13-14-10(15)8-6-16-5-3-12-8/h1-2,4,8,12H,3,5-6H2. The molecule has 0 spiro atoms. The van der Waals surface area contributed by atoms with Crippen molar-refractivity contribution < 1.29 is 4.74 Å². The van der Waals surface area contributed by atoms with E-state index in [1.54, 1.807) is 6.07 Å². The number of nitrogens with one attached hydrogen (secondary N) is 1. The number of hydrogen-bond donors (Lipinski definition) is 1. The number of fused-ring (bicyclic) bond motifs is 1. The summed E-state index contributed by atoms with van der Waals surface area (Å²) in [5.41, 5.74) is 0.687. The van der Waals surface area contributed by atoms with Crippen molar-refractivity contribution in [1.29, 1.82) is 0 Å². The van der Waals surface area contributed by atoms with Gasteiger partial charge in [0.05, 0.1) is 24.3 Å². The van der Waals surface area contributed by atoms with E-state index in [4.69, 9.17) is 16.3 Å². The highest BCUT2D eigenvalue weighted by Gasteiger charge is 2.21. The molecule has 6 heteroatoms. The van der Waals surface area contributed by atoms with Crippen LogP contribution in [0.4, 0.5) is 0 Å². The molecule has 0 aliphatic carbocycles. The van der Waals surface area contributed by atoms with Gasteiger partial charge in [0.1, 0.15) is 0 Å². The van der Waals surface area contributed by atoms with Gasteiger partial charge in [-0.3, -0.25) is 4.40 Å². The highest BCUT2D eigenvalue weighted by atomic mass is 35.5. The maximum atomic E-state index is 6.03. The molecule has 0 radical (unpaired) electrons. The van der Waals surface area contributed by atoms with Crippen LogP contribution in [0, 0.1) is 0 Å². The highest BCUT2D eigenvalue weighted by molar-refractivity contribution is 6.33. The van der Waals surface area contributed by atoms with Crippen molar-refractivity contribution in [3.63, 3.8) is 0 Å². The molecule has 2 aromatic heterocycles. The van der Waals surface area contributed by atoms with Crippen LogP contribution in [0.1, 0.15) is 11.9 Å². The molecule has 84 valence electrons. The Bertz CT molecular complexity index is 506. The third-order valence-electron chi connectivity index (χ3n) is 2.65. The van der Waals surface area contributed by atoms with Gasteiger partial charge in [-0.15, -0.1) is 10.2 Å². The quantitative estimate of drug-likeness (QED) is 0.807. The average molecular weight is 239 g/mol. The number of nitrogens with zero attached hydrogens (tertiary/aromatic N) is 3. The number of halogens is 1. The maximum absolute atomic E-state index is 6.03. The molecule has 0 saturated carbocycles. The van der Waals surface area contributed by atoms with E-state index in [1.807, 2.05) is 16.7 Å². The minimum Gasteiger partial charge on any atom is -0.378 e. The Morgan fingerprint density at radius 3 is 3.25 bits per heavy atom. The molecule has 16 heavy (non-hydrogen) atoms. The van der Waals surface area contributed by atoms with E-state index in [9.17, 15) is 0 Å². The summed E-state index contributed by atoms with van der Waals surface area (Å²) in [4.78, 5) is 0. The summed E-state index contributed by atoms with van der Waals surface area (Å²) < 4.78 is 7.31. The van der Waals surface area contributed by atoms with Gasteiger partial charge < -0.3 is 10.1 Å². The lowest BCUT2D eigenvalue weighted by molar-refractivity contribution is 0.0739. The molecule has 0 aromatic carbocycles. The van der Waals surface area contributed by atoms with Gasteiger partial charge in [0.25, 0.3) is 0 Å². The summed E-state index contributed by atoms with van der Waals surface area (Å²) in [6.07, 6.45) is 1.91. The first-order chi connectivity index (χ1) is 7.86. The first kappa shape index (κ1) is 10.0. The monoisotopic (exact) mass is 238 g/mol. The van der Waals surface area contributed by atoms with E-state index >= 15 is 0 Å². The van der Waals surface area contributed by atoms with E-state index in [-0.39, 0.29) is 6.04 Å². The smallest absolute Gasteiger partial charge is 0.179 e. The summed E-state index contributed by atoms with van der Waals surface area (Å²) in [6.45, 7) is 2.20. The van der Waals surface area contributed by atoms with Crippen molar-refractivity contribution in [2.45, 2.75) is 6.04 Å². The van der Waals surface area contributed by atoms with Crippen LogP contribution in [0.2, 0.25) is 5.02 Å². The van der Waals surface area contributed by atoms with E-state index in [2.05, 4.69) is 15.5 Å². The first-order valence-electron chi connectivity index (χ1n) is 5.16. The van der Waals surface area contributed by atoms with Crippen LogP contribution in [0.3, 0.4) is 0 Å². The summed E-state index contributed by atoms with van der Waals surface area (Å²) >= 11 is 6.03. The molecule has 1 N–H and O–H groups in total. The number of aromatic nitrogens is 3. The summed E-state index contributed by atoms with van der Waals surface area (Å²) in [6, 6.07) is 3.77. The number of hydrogen-bond acceptors (Lipinski definition) is 4. The SMILES string of the molecule is Clc1cccn2c(C3COCCN3)nnc12. The van der Waals surface area contributed by atoms with Crippen molar-refractivity contribution >= 4 is 17.2 Å². The lowest BCUT2D eigenvalue weighted by Crippen LogP contribution is -2.35. The fourth-order valence-electron chi connectivity index (χ4n) is 1.87. The molecular formula is C10H11ClN4O. The second-order valence-electron chi connectivity index (χ2n) is 3.69. The van der Waals surface area contributed by atoms with Crippen LogP contribution in [-0.4, -0.2) is 34.4 Å². The molecule has 1 unspecified atom stereocenters. The number of ether oxygens (including phenoxy) is 1. The lowest BCUT2D eigenvalue weighted by atomic mass is 10.2. The Kier molecular flexibility index (Phi) is 2.51. The largest absolute Gasteiger partial charge is 0.378 e. The molecule has 2 aromatic rings. The summed E-state index contributed by atoms with van der Waals surface area (Å²) in [5, 5.41) is 12.2. The predicted molar refractivity (Wildman–Crippen MR) is 59.6 cm³/mol. The van der Waals surface area contributed by atoms with Crippen molar-refractivity contribution in [3.8, 4) is 0 Å². The molecule has 3 rings (SSSR count). The average Bonchev–Trinajstić information content (AvgIpc) is 2.75. The van der Waals surface area contributed by atoms with Crippen LogP contribution in [0.5, 0.6) is 0 Å². The van der Waals surface area contributed by atoms with Crippen LogP contribution in [-0.2, 0) is 4.74 Å². The normalized spacial score (nSPS) is 21.4. The van der Waals surface area contributed by atoms with E-state index < -0.39 is 0 Å². The number of morpholine rings is 1. The zero-order valence-electron chi connectivity index (χ0n) is 8.56. The highest BCUT2D eigenvalue weighted by Crippen LogP contribution is 2.19. The molecule has 1 aliphatic heterocycles. The van der Waals surface area contributed by atoms with Crippen LogP contribution < -0.4 is 5.32 Å². The molecule has 3 heterocycles. The van der Waals surface area contributed by atoms with Crippen molar-refractivity contribution in [2.75, 3.05) is 19.8 Å². The Morgan fingerprint density at radius 2 is 2.44 bits per heavy atom. The van der Waals surface area contributed by atoms with Gasteiger partial charge in [0.15, 0.2) is 11.5 Å². The van der Waals surface area contributed by atoms with Gasteiger partial charge in [-0.1, -0.05) is 11.6 Å². The van der Waals surface area contributed by atoms with E-state index in [0.717, 1.165) is 19.0 Å². The van der Waals surface area contributed by atoms with Gasteiger partial charge in [0.2, 0.25) is 0 Å². The van der Waals surface area contributed by atoms with Gasteiger partial charge in [-0.2, -0.15) is 0 Å². The second kappa shape index (κ2) is 4.01. The second-order valence-corrected chi connectivity index (χ2v) is 4.10. The first-order valence-corrected chi connectivity index (χ1v) is 5.54. The molecular weight excluding hydrogens is 228 g/mol. The Hall–Kier alpha value is -1.17. The molecule has 1 atom stereocenters. The fourth-order valence-corrected chi connectivity index (χ4v) is 2.07. The zero-order chi connectivity index (χ0) is 11.0.